The summed E-state index contributed by atoms with van der Waals surface area (Å²) >= 11 is 6.11. The lowest BCUT2D eigenvalue weighted by molar-refractivity contribution is -0.120. The molecule has 0 fully saturated rings. The van der Waals surface area contributed by atoms with E-state index in [0.29, 0.717) is 16.1 Å². The molecule has 0 atom stereocenters. The SMILES string of the molecule is Cc1ccn(CCO)c(=O)c1CC(=O)NCc1cc(Cl)ccc1CNC(=O)OC(C)(C)C. The van der Waals surface area contributed by atoms with Gasteiger partial charge in [0.2, 0.25) is 5.91 Å². The number of aliphatic hydroxyl groups excluding tert-OH is 1. The molecule has 0 bridgehead atoms. The number of ether oxygens (including phenoxy) is 1. The first-order chi connectivity index (χ1) is 15.0. The van der Waals surface area contributed by atoms with Crippen molar-refractivity contribution in [2.45, 2.75) is 59.4 Å². The monoisotopic (exact) mass is 463 g/mol. The van der Waals surface area contributed by atoms with Crippen molar-refractivity contribution in [2.24, 2.45) is 0 Å². The Morgan fingerprint density at radius 2 is 1.81 bits per heavy atom. The average Bonchev–Trinajstić information content (AvgIpc) is 2.69. The van der Waals surface area contributed by atoms with Gasteiger partial charge in [0, 0.05) is 36.4 Å². The predicted octanol–water partition coefficient (Wildman–Crippen LogP) is 2.69. The number of amides is 2. The molecule has 1 heterocycles. The number of halogens is 1. The summed E-state index contributed by atoms with van der Waals surface area (Å²) in [5.74, 6) is -0.321. The zero-order chi connectivity index (χ0) is 23.9. The first-order valence-electron chi connectivity index (χ1n) is 10.3. The lowest BCUT2D eigenvalue weighted by Gasteiger charge is -2.20. The Labute approximate surface area is 192 Å². The summed E-state index contributed by atoms with van der Waals surface area (Å²) in [6.07, 6.45) is 0.981. The first-order valence-corrected chi connectivity index (χ1v) is 10.7. The van der Waals surface area contributed by atoms with Crippen LogP contribution >= 0.6 is 11.6 Å². The number of hydrogen-bond donors (Lipinski definition) is 3. The summed E-state index contributed by atoms with van der Waals surface area (Å²) < 4.78 is 6.63. The molecule has 32 heavy (non-hydrogen) atoms. The third-order valence-electron chi connectivity index (χ3n) is 4.64. The van der Waals surface area contributed by atoms with Crippen LogP contribution in [0.15, 0.2) is 35.3 Å². The highest BCUT2D eigenvalue weighted by Gasteiger charge is 2.17. The molecule has 0 aliphatic heterocycles. The predicted molar refractivity (Wildman–Crippen MR) is 123 cm³/mol. The number of benzene rings is 1. The Morgan fingerprint density at radius 3 is 2.47 bits per heavy atom. The Morgan fingerprint density at radius 1 is 1.12 bits per heavy atom. The normalized spacial score (nSPS) is 11.2. The first kappa shape index (κ1) is 25.4. The Bertz CT molecular complexity index is 1030. The average molecular weight is 464 g/mol. The fourth-order valence-electron chi connectivity index (χ4n) is 3.04. The number of pyridine rings is 1. The van der Waals surface area contributed by atoms with Gasteiger partial charge in [0.25, 0.3) is 5.56 Å². The number of nitrogens with one attached hydrogen (secondary N) is 2. The van der Waals surface area contributed by atoms with E-state index in [9.17, 15) is 14.4 Å². The van der Waals surface area contributed by atoms with E-state index in [2.05, 4.69) is 10.6 Å². The molecule has 1 aromatic carbocycles. The summed E-state index contributed by atoms with van der Waals surface area (Å²) in [6.45, 7) is 7.51. The second kappa shape index (κ2) is 11.2. The maximum absolute atomic E-state index is 12.5. The van der Waals surface area contributed by atoms with Gasteiger partial charge in [0.05, 0.1) is 13.0 Å². The molecule has 0 spiro atoms. The van der Waals surface area contributed by atoms with E-state index in [1.54, 1.807) is 58.2 Å². The quantitative estimate of drug-likeness (QED) is 0.557. The molecule has 0 unspecified atom stereocenters. The number of aliphatic hydroxyl groups is 1. The zero-order valence-corrected chi connectivity index (χ0v) is 19.6. The summed E-state index contributed by atoms with van der Waals surface area (Å²) in [4.78, 5) is 37.0. The van der Waals surface area contributed by atoms with E-state index in [0.717, 1.165) is 11.1 Å². The lowest BCUT2D eigenvalue weighted by atomic mass is 10.1. The number of hydrogen-bond acceptors (Lipinski definition) is 5. The van der Waals surface area contributed by atoms with Gasteiger partial charge in [-0.3, -0.25) is 9.59 Å². The van der Waals surface area contributed by atoms with Crippen LogP contribution in [0.3, 0.4) is 0 Å². The topological polar surface area (TPSA) is 110 Å². The van der Waals surface area contributed by atoms with Crippen LogP contribution in [0.25, 0.3) is 0 Å². The van der Waals surface area contributed by atoms with Gasteiger partial charge in [0.1, 0.15) is 5.60 Å². The minimum Gasteiger partial charge on any atom is -0.444 e. The highest BCUT2D eigenvalue weighted by atomic mass is 35.5. The molecule has 3 N–H and O–H groups in total. The van der Waals surface area contributed by atoms with Crippen molar-refractivity contribution in [1.29, 1.82) is 0 Å². The molecule has 0 aliphatic carbocycles. The van der Waals surface area contributed by atoms with Crippen LogP contribution in [0, 0.1) is 6.92 Å². The fourth-order valence-corrected chi connectivity index (χ4v) is 3.24. The molecule has 8 nitrogen and oxygen atoms in total. The van der Waals surface area contributed by atoms with E-state index in [1.807, 2.05) is 0 Å². The fraction of sp³-hybridized carbons (Fsp3) is 0.435. The second-order valence-electron chi connectivity index (χ2n) is 8.42. The third-order valence-corrected chi connectivity index (χ3v) is 4.88. The standard InChI is InChI=1S/C23H30ClN3O5/c1-15-7-8-27(9-10-28)21(30)19(15)12-20(29)25-14-17-11-18(24)6-5-16(17)13-26-22(31)32-23(2,3)4/h5-8,11,28H,9-10,12-14H2,1-4H3,(H,25,29)(H,26,31). The summed E-state index contributed by atoms with van der Waals surface area (Å²) in [6, 6.07) is 6.94. The molecule has 0 saturated carbocycles. The van der Waals surface area contributed by atoms with Crippen LogP contribution in [0.4, 0.5) is 4.79 Å². The number of aryl methyl sites for hydroxylation is 1. The van der Waals surface area contributed by atoms with Crippen LogP contribution in [0.1, 0.15) is 43.0 Å². The van der Waals surface area contributed by atoms with Gasteiger partial charge in [-0.2, -0.15) is 0 Å². The summed E-state index contributed by atoms with van der Waals surface area (Å²) in [5.41, 5.74) is 1.72. The molecular weight excluding hydrogens is 434 g/mol. The number of carbonyl (C=O) groups excluding carboxylic acids is 2. The van der Waals surface area contributed by atoms with Crippen LogP contribution in [0.2, 0.25) is 5.02 Å². The van der Waals surface area contributed by atoms with E-state index >= 15 is 0 Å². The minimum absolute atomic E-state index is 0.0804. The molecule has 9 heteroatoms. The Balaban J connectivity index is 2.05. The number of carbonyl (C=O) groups is 2. The Hall–Kier alpha value is -2.84. The molecule has 2 aromatic rings. The molecule has 0 saturated heterocycles. The highest BCUT2D eigenvalue weighted by molar-refractivity contribution is 6.30. The van der Waals surface area contributed by atoms with Crippen molar-refractivity contribution in [3.63, 3.8) is 0 Å². The van der Waals surface area contributed by atoms with Crippen LogP contribution in [-0.2, 0) is 35.6 Å². The number of rotatable bonds is 8. The van der Waals surface area contributed by atoms with Gasteiger partial charge in [0.15, 0.2) is 0 Å². The number of aromatic nitrogens is 1. The van der Waals surface area contributed by atoms with Crippen molar-refractivity contribution >= 4 is 23.6 Å². The largest absolute Gasteiger partial charge is 0.444 e. The third kappa shape index (κ3) is 7.69. The second-order valence-corrected chi connectivity index (χ2v) is 8.86. The molecule has 0 radical (unpaired) electrons. The Kier molecular flexibility index (Phi) is 8.86. The van der Waals surface area contributed by atoms with Crippen molar-refractivity contribution in [1.82, 2.24) is 15.2 Å². The van der Waals surface area contributed by atoms with Gasteiger partial charge in [-0.05, 0) is 62.6 Å². The van der Waals surface area contributed by atoms with Crippen molar-refractivity contribution in [3.05, 3.63) is 68.1 Å². The summed E-state index contributed by atoms with van der Waals surface area (Å²) in [7, 11) is 0. The maximum atomic E-state index is 12.5. The van der Waals surface area contributed by atoms with Gasteiger partial charge in [-0.1, -0.05) is 17.7 Å². The van der Waals surface area contributed by atoms with Gasteiger partial charge >= 0.3 is 6.09 Å². The highest BCUT2D eigenvalue weighted by Crippen LogP contribution is 2.17. The lowest BCUT2D eigenvalue weighted by Crippen LogP contribution is -2.33. The maximum Gasteiger partial charge on any atom is 0.407 e. The van der Waals surface area contributed by atoms with Gasteiger partial charge in [-0.25, -0.2) is 4.79 Å². The smallest absolute Gasteiger partial charge is 0.407 e. The van der Waals surface area contributed by atoms with Crippen molar-refractivity contribution in [2.75, 3.05) is 6.61 Å². The van der Waals surface area contributed by atoms with E-state index in [1.165, 1.54) is 4.57 Å². The molecule has 1 aromatic heterocycles. The molecule has 2 amide bonds. The van der Waals surface area contributed by atoms with Crippen molar-refractivity contribution < 1.29 is 19.4 Å². The molecule has 2 rings (SSSR count). The van der Waals surface area contributed by atoms with Crippen LogP contribution < -0.4 is 16.2 Å². The number of alkyl carbamates (subject to hydrolysis) is 1. The van der Waals surface area contributed by atoms with E-state index in [4.69, 9.17) is 21.4 Å². The van der Waals surface area contributed by atoms with Gasteiger partial charge < -0.3 is 25.0 Å². The summed E-state index contributed by atoms with van der Waals surface area (Å²) in [5, 5.41) is 15.1. The minimum atomic E-state index is -0.605. The van der Waals surface area contributed by atoms with E-state index in [-0.39, 0.29) is 44.1 Å². The van der Waals surface area contributed by atoms with Crippen LogP contribution in [0.5, 0.6) is 0 Å². The molecule has 0 aliphatic rings. The number of nitrogens with zero attached hydrogens (tertiary/aromatic N) is 1. The van der Waals surface area contributed by atoms with Crippen molar-refractivity contribution in [3.8, 4) is 0 Å². The van der Waals surface area contributed by atoms with Gasteiger partial charge in [-0.15, -0.1) is 0 Å². The van der Waals surface area contributed by atoms with E-state index < -0.39 is 11.7 Å². The molecular formula is C23H30ClN3O5. The zero-order valence-electron chi connectivity index (χ0n) is 18.8. The van der Waals surface area contributed by atoms with Crippen LogP contribution in [-0.4, -0.2) is 33.9 Å². The molecule has 174 valence electrons.